The Bertz CT molecular complexity index is 628. The van der Waals surface area contributed by atoms with Crippen molar-refractivity contribution >= 4 is 11.6 Å². The Morgan fingerprint density at radius 1 is 1.20 bits per heavy atom. The number of alkyl halides is 3. The van der Waals surface area contributed by atoms with Gasteiger partial charge in [-0.3, -0.25) is 10.2 Å². The topological polar surface area (TPSA) is 44.7 Å². The van der Waals surface area contributed by atoms with E-state index in [1.807, 2.05) is 6.92 Å². The number of allylic oxidation sites excluding steroid dienone is 5. The van der Waals surface area contributed by atoms with Gasteiger partial charge in [0.05, 0.1) is 11.6 Å². The number of piperidine rings is 1. The summed E-state index contributed by atoms with van der Waals surface area (Å²) in [7, 11) is 0. The number of carbonyl (C=O) groups is 1. The van der Waals surface area contributed by atoms with Crippen LogP contribution in [0.15, 0.2) is 41.6 Å². The van der Waals surface area contributed by atoms with Gasteiger partial charge < -0.3 is 4.90 Å². The molecule has 136 valence electrons. The normalized spacial score (nSPS) is 30.2. The fraction of sp³-hybridized carbons (Fsp3) is 0.556. The van der Waals surface area contributed by atoms with Crippen LogP contribution in [0.25, 0.3) is 0 Å². The molecular formula is C18H22F3N3O. The second-order valence-electron chi connectivity index (χ2n) is 6.80. The number of nitrogens with zero attached hydrogens (tertiary/aromatic N) is 2. The van der Waals surface area contributed by atoms with E-state index in [-0.39, 0.29) is 11.8 Å². The zero-order chi connectivity index (χ0) is 18.0. The quantitative estimate of drug-likeness (QED) is 0.829. The summed E-state index contributed by atoms with van der Waals surface area (Å²) in [5.74, 6) is -2.10. The van der Waals surface area contributed by atoms with Crippen molar-refractivity contribution in [3.63, 3.8) is 0 Å². The molecule has 1 N–H and O–H groups in total. The summed E-state index contributed by atoms with van der Waals surface area (Å²) in [6.07, 6.45) is 6.58. The van der Waals surface area contributed by atoms with E-state index in [4.69, 9.17) is 0 Å². The highest BCUT2D eigenvalue weighted by molar-refractivity contribution is 5.95. The van der Waals surface area contributed by atoms with E-state index in [0.29, 0.717) is 25.9 Å². The molecule has 3 rings (SSSR count). The molecule has 25 heavy (non-hydrogen) atoms. The number of hydrogen-bond acceptors (Lipinski definition) is 3. The van der Waals surface area contributed by atoms with Gasteiger partial charge in [-0.15, -0.1) is 0 Å². The van der Waals surface area contributed by atoms with Gasteiger partial charge in [0.2, 0.25) is 0 Å². The maximum absolute atomic E-state index is 13.2. The molecule has 0 spiro atoms. The summed E-state index contributed by atoms with van der Waals surface area (Å²) in [5, 5.41) is 4.04. The minimum Gasteiger partial charge on any atom is -0.341 e. The van der Waals surface area contributed by atoms with Gasteiger partial charge in [-0.25, -0.2) is 0 Å². The van der Waals surface area contributed by atoms with Gasteiger partial charge >= 0.3 is 6.18 Å². The third-order valence-corrected chi connectivity index (χ3v) is 5.13. The smallest absolute Gasteiger partial charge is 0.341 e. The maximum atomic E-state index is 13.2. The highest BCUT2D eigenvalue weighted by Crippen LogP contribution is 2.42. The average molecular weight is 353 g/mol. The zero-order valence-corrected chi connectivity index (χ0v) is 14.0. The second kappa shape index (κ2) is 7.06. The second-order valence-corrected chi connectivity index (χ2v) is 6.80. The van der Waals surface area contributed by atoms with Crippen LogP contribution in [0.3, 0.4) is 0 Å². The van der Waals surface area contributed by atoms with Crippen molar-refractivity contribution in [2.45, 2.75) is 32.0 Å². The number of hydrazone groups is 1. The van der Waals surface area contributed by atoms with E-state index in [0.717, 1.165) is 5.71 Å². The van der Waals surface area contributed by atoms with Gasteiger partial charge in [0.15, 0.2) is 0 Å². The molecule has 2 heterocycles. The number of likely N-dealkylation sites (tertiary alicyclic amines) is 1. The lowest BCUT2D eigenvalue weighted by molar-refractivity contribution is -0.176. The Balaban J connectivity index is 1.58. The highest BCUT2D eigenvalue weighted by Gasteiger charge is 2.45. The van der Waals surface area contributed by atoms with Gasteiger partial charge in [0.25, 0.3) is 5.91 Å². The molecule has 1 amide bonds. The van der Waals surface area contributed by atoms with Crippen LogP contribution < -0.4 is 5.43 Å². The minimum absolute atomic E-state index is 0.0630. The number of amides is 1. The average Bonchev–Trinajstić information content (AvgIpc) is 2.61. The van der Waals surface area contributed by atoms with Crippen molar-refractivity contribution in [1.82, 2.24) is 10.3 Å². The molecule has 0 aromatic rings. The summed E-state index contributed by atoms with van der Waals surface area (Å²) in [5.41, 5.74) is 3.61. The Hall–Kier alpha value is -2.05. The third-order valence-electron chi connectivity index (χ3n) is 5.13. The predicted octanol–water partition coefficient (Wildman–Crippen LogP) is 3.05. The molecular weight excluding hydrogens is 331 g/mol. The first-order valence-electron chi connectivity index (χ1n) is 8.55. The molecule has 7 heteroatoms. The van der Waals surface area contributed by atoms with Crippen LogP contribution in [0, 0.1) is 17.8 Å². The summed E-state index contributed by atoms with van der Waals surface area (Å²) in [4.78, 5) is 14.2. The molecule has 0 bridgehead atoms. The first-order chi connectivity index (χ1) is 11.9. The van der Waals surface area contributed by atoms with Crippen LogP contribution in [-0.4, -0.2) is 41.8 Å². The van der Waals surface area contributed by atoms with Gasteiger partial charge in [0.1, 0.15) is 6.04 Å². The van der Waals surface area contributed by atoms with Crippen molar-refractivity contribution in [1.29, 1.82) is 0 Å². The molecule has 0 saturated carbocycles. The van der Waals surface area contributed by atoms with Crippen LogP contribution in [0.1, 0.15) is 19.8 Å². The molecule has 4 nitrogen and oxygen atoms in total. The summed E-state index contributed by atoms with van der Waals surface area (Å²) >= 11 is 0. The fourth-order valence-electron chi connectivity index (χ4n) is 3.73. The van der Waals surface area contributed by atoms with Crippen LogP contribution in [0.4, 0.5) is 13.2 Å². The largest absolute Gasteiger partial charge is 0.395 e. The van der Waals surface area contributed by atoms with Gasteiger partial charge in [-0.05, 0) is 43.8 Å². The van der Waals surface area contributed by atoms with E-state index in [9.17, 15) is 18.0 Å². The lowest BCUT2D eigenvalue weighted by Gasteiger charge is -2.39. The van der Waals surface area contributed by atoms with Gasteiger partial charge in [-0.1, -0.05) is 24.3 Å². The number of rotatable bonds is 2. The Morgan fingerprint density at radius 2 is 1.88 bits per heavy atom. The summed E-state index contributed by atoms with van der Waals surface area (Å²) < 4.78 is 39.7. The Morgan fingerprint density at radius 3 is 2.48 bits per heavy atom. The molecule has 1 aliphatic carbocycles. The molecule has 3 unspecified atom stereocenters. The molecule has 1 fully saturated rings. The molecule has 0 radical (unpaired) electrons. The Labute approximate surface area is 145 Å². The van der Waals surface area contributed by atoms with E-state index in [1.54, 1.807) is 29.2 Å². The first-order valence-corrected chi connectivity index (χ1v) is 8.55. The third kappa shape index (κ3) is 3.96. The van der Waals surface area contributed by atoms with Crippen LogP contribution in [0.5, 0.6) is 0 Å². The molecule has 0 aromatic heterocycles. The van der Waals surface area contributed by atoms with Gasteiger partial charge in [-0.2, -0.15) is 18.3 Å². The zero-order valence-electron chi connectivity index (χ0n) is 14.0. The minimum atomic E-state index is -4.23. The summed E-state index contributed by atoms with van der Waals surface area (Å²) in [6.45, 7) is 2.80. The summed E-state index contributed by atoms with van der Waals surface area (Å²) in [6, 6.07) is -0.485. The van der Waals surface area contributed by atoms with E-state index in [2.05, 4.69) is 10.5 Å². The van der Waals surface area contributed by atoms with E-state index in [1.165, 1.54) is 12.2 Å². The SMILES string of the molecule is CC1=NNC(C(=O)N2CCC(C3C=CC=CC3C(F)(F)F)CC2)C=C1. The number of nitrogens with one attached hydrogen (secondary N) is 1. The maximum Gasteiger partial charge on any atom is 0.395 e. The molecule has 0 aromatic carbocycles. The fourth-order valence-corrected chi connectivity index (χ4v) is 3.73. The van der Waals surface area contributed by atoms with E-state index < -0.39 is 24.1 Å². The van der Waals surface area contributed by atoms with Crippen molar-refractivity contribution in [3.8, 4) is 0 Å². The van der Waals surface area contributed by atoms with E-state index >= 15 is 0 Å². The number of halogens is 3. The van der Waals surface area contributed by atoms with Crippen molar-refractivity contribution in [3.05, 3.63) is 36.5 Å². The monoisotopic (exact) mass is 353 g/mol. The molecule has 3 atom stereocenters. The lowest BCUT2D eigenvalue weighted by atomic mass is 9.74. The predicted molar refractivity (Wildman–Crippen MR) is 89.8 cm³/mol. The van der Waals surface area contributed by atoms with Crippen molar-refractivity contribution in [2.75, 3.05) is 13.1 Å². The van der Waals surface area contributed by atoms with Crippen LogP contribution >= 0.6 is 0 Å². The Kier molecular flexibility index (Phi) is 5.01. The number of carbonyl (C=O) groups excluding carboxylic acids is 1. The number of hydrogen-bond donors (Lipinski definition) is 1. The van der Waals surface area contributed by atoms with Crippen LogP contribution in [-0.2, 0) is 4.79 Å². The van der Waals surface area contributed by atoms with Gasteiger partial charge in [0, 0.05) is 13.1 Å². The first kappa shape index (κ1) is 17.8. The molecule has 3 aliphatic rings. The molecule has 1 saturated heterocycles. The van der Waals surface area contributed by atoms with Crippen molar-refractivity contribution in [2.24, 2.45) is 22.9 Å². The lowest BCUT2D eigenvalue weighted by Crippen LogP contribution is -2.49. The van der Waals surface area contributed by atoms with Crippen molar-refractivity contribution < 1.29 is 18.0 Å². The molecule has 2 aliphatic heterocycles. The van der Waals surface area contributed by atoms with Crippen LogP contribution in [0.2, 0.25) is 0 Å². The highest BCUT2D eigenvalue weighted by atomic mass is 19.4. The standard InChI is InChI=1S/C18H22F3N3O/c1-12-6-7-16(23-22-12)17(25)24-10-8-13(9-11-24)14-4-2-3-5-15(14)18(19,20)21/h2-7,13-16,23H,8-11H2,1H3.